The Morgan fingerprint density at radius 3 is 2.19 bits per heavy atom. The number of halogens is 5. The highest BCUT2D eigenvalue weighted by Gasteiger charge is 2.27. The molecule has 0 saturated carbocycles. The molecule has 0 aromatic heterocycles. The summed E-state index contributed by atoms with van der Waals surface area (Å²) in [7, 11) is 0. The summed E-state index contributed by atoms with van der Waals surface area (Å²) in [5.74, 6) is -10.4. The quantitative estimate of drug-likeness (QED) is 0.509. The molecular formula is C17H12F5NO3. The first-order valence-corrected chi connectivity index (χ1v) is 7.54. The Balaban J connectivity index is 1.62. The molecular weight excluding hydrogens is 361 g/mol. The molecule has 138 valence electrons. The van der Waals surface area contributed by atoms with Crippen molar-refractivity contribution in [2.75, 3.05) is 13.2 Å². The summed E-state index contributed by atoms with van der Waals surface area (Å²) in [6, 6.07) is 6.85. The minimum atomic E-state index is -2.27. The lowest BCUT2D eigenvalue weighted by Gasteiger charge is -2.26. The van der Waals surface area contributed by atoms with Crippen LogP contribution in [0.25, 0.3) is 0 Å². The maximum Gasteiger partial charge on any atom is 0.224 e. The first-order valence-electron chi connectivity index (χ1n) is 7.54. The second kappa shape index (κ2) is 7.19. The van der Waals surface area contributed by atoms with Crippen molar-refractivity contribution in [2.45, 2.75) is 12.5 Å². The van der Waals surface area contributed by atoms with Crippen LogP contribution in [0.2, 0.25) is 0 Å². The van der Waals surface area contributed by atoms with E-state index in [2.05, 4.69) is 5.32 Å². The van der Waals surface area contributed by atoms with Crippen molar-refractivity contribution in [2.24, 2.45) is 0 Å². The molecule has 9 heteroatoms. The number of hydrogen-bond donors (Lipinski definition) is 1. The second-order valence-corrected chi connectivity index (χ2v) is 5.53. The Hall–Kier alpha value is -2.84. The Bertz CT molecular complexity index is 830. The molecule has 1 atom stereocenters. The van der Waals surface area contributed by atoms with Crippen LogP contribution in [-0.2, 0) is 11.2 Å². The van der Waals surface area contributed by atoms with Gasteiger partial charge in [-0.3, -0.25) is 4.79 Å². The molecule has 1 amide bonds. The molecule has 0 radical (unpaired) electrons. The van der Waals surface area contributed by atoms with Gasteiger partial charge in [-0.25, -0.2) is 22.0 Å². The van der Waals surface area contributed by atoms with Crippen LogP contribution in [0.1, 0.15) is 5.56 Å². The molecule has 0 unspecified atom stereocenters. The summed E-state index contributed by atoms with van der Waals surface area (Å²) >= 11 is 0. The molecule has 0 saturated heterocycles. The van der Waals surface area contributed by atoms with E-state index in [0.29, 0.717) is 11.5 Å². The van der Waals surface area contributed by atoms with E-state index in [0.717, 1.165) is 0 Å². The number of benzene rings is 2. The van der Waals surface area contributed by atoms with Gasteiger partial charge < -0.3 is 14.8 Å². The first kappa shape index (κ1) is 18.0. The van der Waals surface area contributed by atoms with Crippen LogP contribution in [0.4, 0.5) is 22.0 Å². The van der Waals surface area contributed by atoms with Gasteiger partial charge >= 0.3 is 0 Å². The number of nitrogens with one attached hydrogen (secondary N) is 1. The lowest BCUT2D eigenvalue weighted by Crippen LogP contribution is -2.41. The zero-order valence-corrected chi connectivity index (χ0v) is 13.1. The number of hydrogen-bond acceptors (Lipinski definition) is 3. The molecule has 0 aliphatic carbocycles. The van der Waals surface area contributed by atoms with Gasteiger partial charge in [0.2, 0.25) is 11.7 Å². The van der Waals surface area contributed by atoms with Gasteiger partial charge in [0.1, 0.15) is 12.7 Å². The maximum absolute atomic E-state index is 13.6. The largest absolute Gasteiger partial charge is 0.486 e. The van der Waals surface area contributed by atoms with Crippen LogP contribution in [0, 0.1) is 29.1 Å². The molecule has 26 heavy (non-hydrogen) atoms. The number of fused-ring (bicyclic) bond motifs is 1. The zero-order chi connectivity index (χ0) is 18.8. The van der Waals surface area contributed by atoms with Crippen LogP contribution in [0.5, 0.6) is 11.5 Å². The van der Waals surface area contributed by atoms with Gasteiger partial charge in [0.05, 0.1) is 13.0 Å². The Kier molecular flexibility index (Phi) is 4.97. The van der Waals surface area contributed by atoms with E-state index < -0.39 is 53.1 Å². The number of ether oxygens (including phenoxy) is 2. The van der Waals surface area contributed by atoms with E-state index in [1.807, 2.05) is 0 Å². The lowest BCUT2D eigenvalue weighted by molar-refractivity contribution is -0.121. The Labute approximate surface area is 144 Å². The van der Waals surface area contributed by atoms with Crippen molar-refractivity contribution in [3.8, 4) is 11.5 Å². The third-order valence-electron chi connectivity index (χ3n) is 3.73. The summed E-state index contributed by atoms with van der Waals surface area (Å²) in [5.41, 5.74) is -1.19. The van der Waals surface area contributed by atoms with Gasteiger partial charge in [-0.2, -0.15) is 0 Å². The Morgan fingerprint density at radius 2 is 1.54 bits per heavy atom. The topological polar surface area (TPSA) is 47.6 Å². The van der Waals surface area contributed by atoms with Crippen molar-refractivity contribution >= 4 is 5.91 Å². The number of rotatable bonds is 4. The average Bonchev–Trinajstić information content (AvgIpc) is 2.66. The summed E-state index contributed by atoms with van der Waals surface area (Å²) < 4.78 is 77.4. The molecule has 2 aromatic carbocycles. The van der Waals surface area contributed by atoms with Crippen LogP contribution in [0.15, 0.2) is 24.3 Å². The smallest absolute Gasteiger partial charge is 0.224 e. The van der Waals surface area contributed by atoms with Crippen molar-refractivity contribution in [3.05, 3.63) is 58.9 Å². The van der Waals surface area contributed by atoms with Crippen LogP contribution in [0.3, 0.4) is 0 Å². The monoisotopic (exact) mass is 373 g/mol. The maximum atomic E-state index is 13.6. The summed E-state index contributed by atoms with van der Waals surface area (Å²) in [6.45, 7) is 0.0579. The highest BCUT2D eigenvalue weighted by atomic mass is 19.2. The van der Waals surface area contributed by atoms with E-state index >= 15 is 0 Å². The minimum Gasteiger partial charge on any atom is -0.486 e. The van der Waals surface area contributed by atoms with Crippen LogP contribution < -0.4 is 14.8 Å². The second-order valence-electron chi connectivity index (χ2n) is 5.53. The predicted molar refractivity (Wildman–Crippen MR) is 79.3 cm³/mol. The molecule has 1 aliphatic rings. The Morgan fingerprint density at radius 1 is 0.962 bits per heavy atom. The van der Waals surface area contributed by atoms with Crippen molar-refractivity contribution in [1.29, 1.82) is 0 Å². The van der Waals surface area contributed by atoms with Gasteiger partial charge in [0, 0.05) is 5.56 Å². The van der Waals surface area contributed by atoms with E-state index in [1.54, 1.807) is 24.3 Å². The summed E-state index contributed by atoms with van der Waals surface area (Å²) in [4.78, 5) is 11.8. The van der Waals surface area contributed by atoms with Crippen LogP contribution >= 0.6 is 0 Å². The van der Waals surface area contributed by atoms with E-state index in [-0.39, 0.29) is 13.2 Å². The molecule has 0 fully saturated rings. The molecule has 2 aromatic rings. The number of amides is 1. The third kappa shape index (κ3) is 3.42. The normalized spacial score (nSPS) is 15.7. The minimum absolute atomic E-state index is 0.0669. The lowest BCUT2D eigenvalue weighted by atomic mass is 10.1. The molecule has 0 bridgehead atoms. The fraction of sp³-hybridized carbons (Fsp3) is 0.235. The van der Waals surface area contributed by atoms with Gasteiger partial charge in [-0.15, -0.1) is 0 Å². The van der Waals surface area contributed by atoms with Crippen LogP contribution in [-0.4, -0.2) is 25.2 Å². The average molecular weight is 373 g/mol. The fourth-order valence-corrected chi connectivity index (χ4v) is 2.42. The van der Waals surface area contributed by atoms with Crippen molar-refractivity contribution < 1.29 is 36.2 Å². The fourth-order valence-electron chi connectivity index (χ4n) is 2.42. The SMILES string of the molecule is O=C(Cc1c(F)c(F)c(F)c(F)c1F)NC[C@H]1COc2ccccc2O1. The van der Waals surface area contributed by atoms with Gasteiger partial charge in [-0.05, 0) is 12.1 Å². The highest BCUT2D eigenvalue weighted by molar-refractivity contribution is 5.78. The van der Waals surface area contributed by atoms with E-state index in [9.17, 15) is 26.7 Å². The predicted octanol–water partition coefficient (Wildman–Crippen LogP) is 2.88. The summed E-state index contributed by atoms with van der Waals surface area (Å²) in [5, 5.41) is 2.32. The number of para-hydroxylation sites is 2. The van der Waals surface area contributed by atoms with E-state index in [1.165, 1.54) is 0 Å². The standard InChI is InChI=1S/C17H12F5NO3/c18-13-9(14(19)16(21)17(22)15(13)20)5-12(24)23-6-8-7-25-10-3-1-2-4-11(10)26-8/h1-4,8H,5-7H2,(H,23,24)/t8-/m0/s1. The molecule has 1 aliphatic heterocycles. The van der Waals surface area contributed by atoms with Gasteiger partial charge in [0.15, 0.2) is 34.8 Å². The molecule has 3 rings (SSSR count). The number of carbonyl (C=O) groups is 1. The number of carbonyl (C=O) groups excluding carboxylic acids is 1. The highest BCUT2D eigenvalue weighted by Crippen LogP contribution is 2.30. The van der Waals surface area contributed by atoms with Crippen molar-refractivity contribution in [3.63, 3.8) is 0 Å². The van der Waals surface area contributed by atoms with Gasteiger partial charge in [0.25, 0.3) is 0 Å². The molecule has 1 N–H and O–H groups in total. The van der Waals surface area contributed by atoms with Gasteiger partial charge in [-0.1, -0.05) is 12.1 Å². The zero-order valence-electron chi connectivity index (χ0n) is 13.1. The molecule has 1 heterocycles. The molecule has 0 spiro atoms. The summed E-state index contributed by atoms with van der Waals surface area (Å²) in [6.07, 6.45) is -1.57. The molecule has 4 nitrogen and oxygen atoms in total. The van der Waals surface area contributed by atoms with E-state index in [4.69, 9.17) is 9.47 Å². The van der Waals surface area contributed by atoms with Crippen molar-refractivity contribution in [1.82, 2.24) is 5.32 Å². The first-order chi connectivity index (χ1) is 12.4. The third-order valence-corrected chi connectivity index (χ3v) is 3.73.